The van der Waals surface area contributed by atoms with Gasteiger partial charge in [0.1, 0.15) is 0 Å². The lowest BCUT2D eigenvalue weighted by atomic mass is 9.82. The molecule has 312 valence electrons. The summed E-state index contributed by atoms with van der Waals surface area (Å²) in [5.74, 6) is 0. The molecule has 3 heteroatoms. The number of rotatable bonds is 7. The summed E-state index contributed by atoms with van der Waals surface area (Å²) < 4.78 is 5.07. The molecule has 0 N–H and O–H groups in total. The third kappa shape index (κ3) is 6.08. The third-order valence-electron chi connectivity index (χ3n) is 14.0. The van der Waals surface area contributed by atoms with Gasteiger partial charge in [-0.25, -0.2) is 0 Å². The number of aromatic nitrogens is 1. The van der Waals surface area contributed by atoms with Crippen molar-refractivity contribution in [2.45, 2.75) is 19.3 Å². The Bertz CT molecular complexity index is 3820. The van der Waals surface area contributed by atoms with Crippen molar-refractivity contribution < 1.29 is 0 Å². The summed E-state index contributed by atoms with van der Waals surface area (Å²) in [4.78, 5) is 2.41. The van der Waals surface area contributed by atoms with E-state index in [4.69, 9.17) is 0 Å². The standard InChI is InChI=1S/C63H44N2S/c1-63(2)57-22-11-9-18-51(57)52-35-34-49(40-58(52)63)64(47-30-24-42(25-31-47)41-14-5-3-6-15-41)48-32-26-43(27-33-48)44-28-36-59-55(38-44)56-39-45(29-37-60(56)65(59)46-16-7-4-8-17-46)50-20-13-21-54-53-19-10-12-23-61(53)66-62(50)54/h3-40H,1-2H3. The maximum atomic E-state index is 2.42. The van der Waals surface area contributed by atoms with Crippen LogP contribution in [0, 0.1) is 0 Å². The van der Waals surface area contributed by atoms with E-state index >= 15 is 0 Å². The van der Waals surface area contributed by atoms with Gasteiger partial charge in [-0.2, -0.15) is 0 Å². The molecular formula is C63H44N2S. The van der Waals surface area contributed by atoms with Crippen LogP contribution >= 0.6 is 11.3 Å². The molecular weight excluding hydrogens is 817 g/mol. The van der Waals surface area contributed by atoms with Crippen molar-refractivity contribution >= 4 is 70.4 Å². The van der Waals surface area contributed by atoms with E-state index in [1.54, 1.807) is 0 Å². The highest BCUT2D eigenvalue weighted by atomic mass is 32.1. The second-order valence-corrected chi connectivity index (χ2v) is 19.2. The summed E-state index contributed by atoms with van der Waals surface area (Å²) in [7, 11) is 0. The SMILES string of the molecule is CC1(C)c2ccccc2-c2ccc(N(c3ccc(-c4ccccc4)cc3)c3ccc(-c4ccc5c(c4)c4cc(-c6cccc7c6sc6ccccc67)ccc4n5-c4ccccc4)cc3)cc21. The van der Waals surface area contributed by atoms with Crippen LogP contribution in [-0.2, 0) is 5.41 Å². The van der Waals surface area contributed by atoms with Gasteiger partial charge in [0.25, 0.3) is 0 Å². The summed E-state index contributed by atoms with van der Waals surface area (Å²) in [6.07, 6.45) is 0. The van der Waals surface area contributed by atoms with Gasteiger partial charge in [-0.05, 0) is 134 Å². The van der Waals surface area contributed by atoms with Crippen molar-refractivity contribution in [2.75, 3.05) is 4.90 Å². The average Bonchev–Trinajstić information content (AvgIpc) is 4.00. The van der Waals surface area contributed by atoms with Crippen LogP contribution in [0.1, 0.15) is 25.0 Å². The number of hydrogen-bond donors (Lipinski definition) is 0. The predicted octanol–water partition coefficient (Wildman–Crippen LogP) is 17.9. The van der Waals surface area contributed by atoms with Crippen LogP contribution in [0.3, 0.4) is 0 Å². The van der Waals surface area contributed by atoms with Gasteiger partial charge >= 0.3 is 0 Å². The normalized spacial score (nSPS) is 12.8. The molecule has 0 fully saturated rings. The van der Waals surface area contributed by atoms with Crippen molar-refractivity contribution in [1.29, 1.82) is 0 Å². The molecule has 0 saturated carbocycles. The molecule has 2 nitrogen and oxygen atoms in total. The van der Waals surface area contributed by atoms with Crippen LogP contribution in [0.15, 0.2) is 231 Å². The van der Waals surface area contributed by atoms with Gasteiger partial charge in [-0.3, -0.25) is 0 Å². The largest absolute Gasteiger partial charge is 0.310 e. The molecule has 12 aromatic rings. The zero-order chi connectivity index (χ0) is 43.9. The highest BCUT2D eigenvalue weighted by Crippen LogP contribution is 2.51. The first-order valence-corrected chi connectivity index (χ1v) is 23.6. The average molecular weight is 861 g/mol. The first kappa shape index (κ1) is 38.5. The smallest absolute Gasteiger partial charge is 0.0541 e. The van der Waals surface area contributed by atoms with Crippen LogP contribution in [-0.4, -0.2) is 4.57 Å². The van der Waals surface area contributed by atoms with Crippen LogP contribution < -0.4 is 4.90 Å². The van der Waals surface area contributed by atoms with Crippen molar-refractivity contribution in [2.24, 2.45) is 0 Å². The van der Waals surface area contributed by atoms with Crippen molar-refractivity contribution in [1.82, 2.24) is 4.57 Å². The van der Waals surface area contributed by atoms with Crippen molar-refractivity contribution in [3.63, 3.8) is 0 Å². The van der Waals surface area contributed by atoms with Crippen molar-refractivity contribution in [3.05, 3.63) is 242 Å². The molecule has 66 heavy (non-hydrogen) atoms. The molecule has 0 unspecified atom stereocenters. The summed E-state index contributed by atoms with van der Waals surface area (Å²) in [6.45, 7) is 4.71. The minimum Gasteiger partial charge on any atom is -0.310 e. The molecule has 0 bridgehead atoms. The molecule has 2 heterocycles. The fraction of sp³-hybridized carbons (Fsp3) is 0.0476. The van der Waals surface area contributed by atoms with Gasteiger partial charge in [0, 0.05) is 59.1 Å². The Balaban J connectivity index is 0.929. The molecule has 1 aliphatic carbocycles. The predicted molar refractivity (Wildman–Crippen MR) is 282 cm³/mol. The Morgan fingerprint density at radius 3 is 1.64 bits per heavy atom. The van der Waals surface area contributed by atoms with Gasteiger partial charge in [0.2, 0.25) is 0 Å². The van der Waals surface area contributed by atoms with Crippen LogP contribution in [0.4, 0.5) is 17.1 Å². The van der Waals surface area contributed by atoms with Crippen LogP contribution in [0.25, 0.3) is 92.2 Å². The number of anilines is 3. The molecule has 0 atom stereocenters. The van der Waals surface area contributed by atoms with E-state index in [2.05, 4.69) is 254 Å². The molecule has 0 radical (unpaired) electrons. The fourth-order valence-corrected chi connectivity index (χ4v) is 12.0. The topological polar surface area (TPSA) is 8.17 Å². The van der Waals surface area contributed by atoms with E-state index in [9.17, 15) is 0 Å². The highest BCUT2D eigenvalue weighted by Gasteiger charge is 2.35. The maximum Gasteiger partial charge on any atom is 0.0541 e. The minimum absolute atomic E-state index is 0.108. The molecule has 2 aromatic heterocycles. The van der Waals surface area contributed by atoms with E-state index in [0.717, 1.165) is 22.7 Å². The number of nitrogens with zero attached hydrogens (tertiary/aromatic N) is 2. The van der Waals surface area contributed by atoms with E-state index < -0.39 is 0 Å². The Morgan fingerprint density at radius 1 is 0.364 bits per heavy atom. The Morgan fingerprint density at radius 2 is 0.894 bits per heavy atom. The first-order valence-electron chi connectivity index (χ1n) is 22.8. The fourth-order valence-electron chi connectivity index (χ4n) is 10.7. The zero-order valence-corrected chi connectivity index (χ0v) is 37.6. The number of benzene rings is 10. The molecule has 0 spiro atoms. The van der Waals surface area contributed by atoms with Gasteiger partial charge in [-0.15, -0.1) is 11.3 Å². The number of thiophene rings is 1. The van der Waals surface area contributed by atoms with Crippen LogP contribution in [0.5, 0.6) is 0 Å². The molecule has 0 amide bonds. The molecule has 1 aliphatic rings. The summed E-state index contributed by atoms with van der Waals surface area (Å²) in [6, 6.07) is 85.0. The van der Waals surface area contributed by atoms with E-state index in [1.807, 2.05) is 11.3 Å². The number of fused-ring (bicyclic) bond motifs is 9. The summed E-state index contributed by atoms with van der Waals surface area (Å²) >= 11 is 1.89. The Labute approximate surface area is 388 Å². The number of para-hydroxylation sites is 1. The molecule has 10 aromatic carbocycles. The van der Waals surface area contributed by atoms with Gasteiger partial charge in [0.05, 0.1) is 11.0 Å². The first-order chi connectivity index (χ1) is 32.5. The lowest BCUT2D eigenvalue weighted by Gasteiger charge is -2.28. The van der Waals surface area contributed by atoms with E-state index in [0.29, 0.717) is 0 Å². The van der Waals surface area contributed by atoms with E-state index in [-0.39, 0.29) is 5.41 Å². The zero-order valence-electron chi connectivity index (χ0n) is 36.7. The van der Waals surface area contributed by atoms with Gasteiger partial charge < -0.3 is 9.47 Å². The second kappa shape index (κ2) is 15.1. The lowest BCUT2D eigenvalue weighted by Crippen LogP contribution is -2.16. The lowest BCUT2D eigenvalue weighted by molar-refractivity contribution is 0.660. The third-order valence-corrected chi connectivity index (χ3v) is 15.2. The molecule has 0 aliphatic heterocycles. The van der Waals surface area contributed by atoms with Gasteiger partial charge in [0.15, 0.2) is 0 Å². The van der Waals surface area contributed by atoms with Gasteiger partial charge in [-0.1, -0.05) is 166 Å². The second-order valence-electron chi connectivity index (χ2n) is 18.1. The van der Waals surface area contributed by atoms with Crippen molar-refractivity contribution in [3.8, 4) is 50.2 Å². The van der Waals surface area contributed by atoms with Crippen LogP contribution in [0.2, 0.25) is 0 Å². The maximum absolute atomic E-state index is 2.42. The quantitative estimate of drug-likeness (QED) is 0.155. The summed E-state index contributed by atoms with van der Waals surface area (Å²) in [5.41, 5.74) is 19.5. The summed E-state index contributed by atoms with van der Waals surface area (Å²) in [5, 5.41) is 5.12. The minimum atomic E-state index is -0.108. The monoisotopic (exact) mass is 860 g/mol. The Hall–Kier alpha value is -7.98. The van der Waals surface area contributed by atoms with E-state index in [1.165, 1.54) is 97.6 Å². The number of hydrogen-bond acceptors (Lipinski definition) is 2. The highest BCUT2D eigenvalue weighted by molar-refractivity contribution is 7.26. The molecule has 0 saturated heterocycles. The Kier molecular flexibility index (Phi) is 8.78. The molecule has 13 rings (SSSR count).